The Kier molecular flexibility index (Phi) is 3.93. The maximum Gasteiger partial charge on any atom is 0.0364 e. The van der Waals surface area contributed by atoms with Crippen LogP contribution in [0.25, 0.3) is 0 Å². The number of hydrogen-bond acceptors (Lipinski definition) is 4. The quantitative estimate of drug-likeness (QED) is 0.909. The molecule has 1 saturated heterocycles. The molecule has 0 bridgehead atoms. The second-order valence-electron chi connectivity index (χ2n) is 6.63. The third-order valence-electron chi connectivity index (χ3n) is 5.62. The van der Waals surface area contributed by atoms with Crippen LogP contribution in [0.3, 0.4) is 0 Å². The summed E-state index contributed by atoms with van der Waals surface area (Å²) in [6, 6.07) is 3.46. The highest BCUT2D eigenvalue weighted by molar-refractivity contribution is 7.10. The third kappa shape index (κ3) is 2.23. The molecule has 4 heteroatoms. The van der Waals surface area contributed by atoms with Crippen molar-refractivity contribution in [3.63, 3.8) is 0 Å². The van der Waals surface area contributed by atoms with Gasteiger partial charge in [-0.05, 0) is 63.7 Å². The Labute approximate surface area is 126 Å². The van der Waals surface area contributed by atoms with E-state index in [4.69, 9.17) is 5.73 Å². The summed E-state index contributed by atoms with van der Waals surface area (Å²) in [5.41, 5.74) is 8.02. The SMILES string of the molecule is CC1CC(CN)(N2CCc3sccc3C2C)CCN1C. The molecule has 0 saturated carbocycles. The fraction of sp³-hybridized carbons (Fsp3) is 0.750. The van der Waals surface area contributed by atoms with Gasteiger partial charge >= 0.3 is 0 Å². The summed E-state index contributed by atoms with van der Waals surface area (Å²) >= 11 is 1.92. The number of thiophene rings is 1. The number of fused-ring (bicyclic) bond motifs is 1. The van der Waals surface area contributed by atoms with Gasteiger partial charge in [0.2, 0.25) is 0 Å². The zero-order valence-electron chi connectivity index (χ0n) is 12.9. The summed E-state index contributed by atoms with van der Waals surface area (Å²) in [5.74, 6) is 0. The number of piperidine rings is 1. The summed E-state index contributed by atoms with van der Waals surface area (Å²) in [5, 5.41) is 2.25. The van der Waals surface area contributed by atoms with E-state index >= 15 is 0 Å². The van der Waals surface area contributed by atoms with Crippen molar-refractivity contribution in [1.82, 2.24) is 9.80 Å². The number of nitrogens with zero attached hydrogens (tertiary/aromatic N) is 2. The van der Waals surface area contributed by atoms with Crippen LogP contribution in [0, 0.1) is 0 Å². The van der Waals surface area contributed by atoms with Gasteiger partial charge in [0.05, 0.1) is 0 Å². The summed E-state index contributed by atoms with van der Waals surface area (Å²) in [4.78, 5) is 6.77. The van der Waals surface area contributed by atoms with Crippen LogP contribution >= 0.6 is 11.3 Å². The fourth-order valence-electron chi connectivity index (χ4n) is 4.13. The van der Waals surface area contributed by atoms with E-state index < -0.39 is 0 Å². The normalized spacial score (nSPS) is 36.0. The van der Waals surface area contributed by atoms with E-state index in [-0.39, 0.29) is 5.54 Å². The van der Waals surface area contributed by atoms with Crippen LogP contribution in [0.2, 0.25) is 0 Å². The van der Waals surface area contributed by atoms with Gasteiger partial charge in [0.25, 0.3) is 0 Å². The van der Waals surface area contributed by atoms with Gasteiger partial charge in [-0.15, -0.1) is 11.3 Å². The van der Waals surface area contributed by atoms with Crippen molar-refractivity contribution in [2.45, 2.75) is 50.7 Å². The average Bonchev–Trinajstić information content (AvgIpc) is 2.92. The Balaban J connectivity index is 1.87. The first kappa shape index (κ1) is 14.5. The van der Waals surface area contributed by atoms with E-state index in [1.54, 1.807) is 10.4 Å². The first-order chi connectivity index (χ1) is 9.57. The highest BCUT2D eigenvalue weighted by atomic mass is 32.1. The molecular formula is C16H27N3S. The zero-order valence-corrected chi connectivity index (χ0v) is 13.7. The van der Waals surface area contributed by atoms with E-state index in [0.717, 1.165) is 13.1 Å². The molecule has 3 unspecified atom stereocenters. The van der Waals surface area contributed by atoms with Crippen molar-refractivity contribution < 1.29 is 0 Å². The van der Waals surface area contributed by atoms with Crippen LogP contribution in [0.4, 0.5) is 0 Å². The number of hydrogen-bond donors (Lipinski definition) is 1. The molecule has 112 valence electrons. The molecule has 2 N–H and O–H groups in total. The van der Waals surface area contributed by atoms with Gasteiger partial charge in [0, 0.05) is 35.6 Å². The molecule has 0 spiro atoms. The monoisotopic (exact) mass is 293 g/mol. The lowest BCUT2D eigenvalue weighted by molar-refractivity contribution is -0.0170. The molecule has 3 rings (SSSR count). The first-order valence-corrected chi connectivity index (χ1v) is 8.69. The lowest BCUT2D eigenvalue weighted by Crippen LogP contribution is -2.62. The maximum absolute atomic E-state index is 6.28. The maximum atomic E-state index is 6.28. The molecule has 3 atom stereocenters. The average molecular weight is 293 g/mol. The van der Waals surface area contributed by atoms with Gasteiger partial charge in [0.15, 0.2) is 0 Å². The molecule has 1 aromatic rings. The van der Waals surface area contributed by atoms with Crippen molar-refractivity contribution in [2.75, 3.05) is 26.7 Å². The zero-order chi connectivity index (χ0) is 14.3. The van der Waals surface area contributed by atoms with Crippen molar-refractivity contribution in [3.05, 3.63) is 21.9 Å². The number of likely N-dealkylation sites (tertiary alicyclic amines) is 1. The standard InChI is InChI=1S/C16H27N3S/c1-12-10-16(11-17,6-8-18(12)3)19-7-4-15-14(13(19)2)5-9-20-15/h5,9,12-13H,4,6-8,10-11,17H2,1-3H3. The summed E-state index contributed by atoms with van der Waals surface area (Å²) in [6.45, 7) is 7.83. The second-order valence-corrected chi connectivity index (χ2v) is 7.63. The van der Waals surface area contributed by atoms with E-state index in [9.17, 15) is 0 Å². The molecule has 1 fully saturated rings. The van der Waals surface area contributed by atoms with Gasteiger partial charge < -0.3 is 10.6 Å². The summed E-state index contributed by atoms with van der Waals surface area (Å²) in [7, 11) is 2.24. The van der Waals surface area contributed by atoms with Gasteiger partial charge in [-0.3, -0.25) is 4.90 Å². The molecule has 3 nitrogen and oxygen atoms in total. The van der Waals surface area contributed by atoms with Crippen molar-refractivity contribution in [3.8, 4) is 0 Å². The summed E-state index contributed by atoms with van der Waals surface area (Å²) in [6.07, 6.45) is 3.60. The van der Waals surface area contributed by atoms with E-state index in [1.807, 2.05) is 11.3 Å². The smallest absolute Gasteiger partial charge is 0.0364 e. The van der Waals surface area contributed by atoms with E-state index in [2.05, 4.69) is 42.1 Å². The van der Waals surface area contributed by atoms with Gasteiger partial charge in [-0.2, -0.15) is 0 Å². The van der Waals surface area contributed by atoms with Gasteiger partial charge in [-0.1, -0.05) is 0 Å². The van der Waals surface area contributed by atoms with Crippen LogP contribution in [-0.2, 0) is 6.42 Å². The van der Waals surface area contributed by atoms with Crippen molar-refractivity contribution >= 4 is 11.3 Å². The first-order valence-electron chi connectivity index (χ1n) is 7.81. The molecule has 0 aliphatic carbocycles. The molecule has 1 aromatic heterocycles. The highest BCUT2D eigenvalue weighted by Gasteiger charge is 2.44. The van der Waals surface area contributed by atoms with Crippen LogP contribution in [0.1, 0.15) is 43.2 Å². The van der Waals surface area contributed by atoms with E-state index in [0.29, 0.717) is 12.1 Å². The predicted octanol–water partition coefficient (Wildman–Crippen LogP) is 2.48. The molecule has 20 heavy (non-hydrogen) atoms. The molecule has 0 aromatic carbocycles. The Hall–Kier alpha value is -0.420. The topological polar surface area (TPSA) is 32.5 Å². The Morgan fingerprint density at radius 2 is 2.20 bits per heavy atom. The number of rotatable bonds is 2. The largest absolute Gasteiger partial charge is 0.329 e. The summed E-state index contributed by atoms with van der Waals surface area (Å²) < 4.78 is 0. The van der Waals surface area contributed by atoms with Crippen molar-refractivity contribution in [1.29, 1.82) is 0 Å². The lowest BCUT2D eigenvalue weighted by Gasteiger charge is -2.53. The minimum absolute atomic E-state index is 0.199. The molecular weight excluding hydrogens is 266 g/mol. The Bertz CT molecular complexity index is 472. The molecule has 0 amide bonds. The fourth-order valence-corrected chi connectivity index (χ4v) is 5.10. The Morgan fingerprint density at radius 3 is 2.90 bits per heavy atom. The number of nitrogens with two attached hydrogens (primary N) is 1. The van der Waals surface area contributed by atoms with Gasteiger partial charge in [-0.25, -0.2) is 0 Å². The van der Waals surface area contributed by atoms with Crippen LogP contribution in [0.5, 0.6) is 0 Å². The molecule has 0 radical (unpaired) electrons. The Morgan fingerprint density at radius 1 is 1.40 bits per heavy atom. The van der Waals surface area contributed by atoms with Crippen LogP contribution < -0.4 is 5.73 Å². The van der Waals surface area contributed by atoms with Crippen molar-refractivity contribution in [2.24, 2.45) is 5.73 Å². The minimum atomic E-state index is 0.199. The molecule has 3 heterocycles. The van der Waals surface area contributed by atoms with E-state index in [1.165, 1.54) is 25.8 Å². The lowest BCUT2D eigenvalue weighted by atomic mass is 9.79. The second kappa shape index (κ2) is 5.41. The van der Waals surface area contributed by atoms with Gasteiger partial charge in [0.1, 0.15) is 0 Å². The predicted molar refractivity (Wildman–Crippen MR) is 86.3 cm³/mol. The van der Waals surface area contributed by atoms with Crippen LogP contribution in [0.15, 0.2) is 11.4 Å². The minimum Gasteiger partial charge on any atom is -0.329 e. The highest BCUT2D eigenvalue weighted by Crippen LogP contribution is 2.41. The molecule has 2 aliphatic heterocycles. The third-order valence-corrected chi connectivity index (χ3v) is 6.62. The van der Waals surface area contributed by atoms with Crippen LogP contribution in [-0.4, -0.2) is 48.1 Å². The molecule has 2 aliphatic rings.